The number of hydrogen-bond acceptors (Lipinski definition) is 6. The molecule has 0 atom stereocenters. The van der Waals surface area contributed by atoms with E-state index in [1.807, 2.05) is 6.07 Å². The third kappa shape index (κ3) is 16.0. The Hall–Kier alpha value is -12.4. The van der Waals surface area contributed by atoms with Crippen LogP contribution in [0.3, 0.4) is 0 Å². The van der Waals surface area contributed by atoms with Crippen molar-refractivity contribution in [1.29, 1.82) is 0 Å². The summed E-state index contributed by atoms with van der Waals surface area (Å²) in [7, 11) is 6.37. The molecule has 0 saturated carbocycles. The Morgan fingerprint density at radius 1 is 0.168 bits per heavy atom. The molecule has 496 valence electrons. The van der Waals surface area contributed by atoms with E-state index in [4.69, 9.17) is 0 Å². The lowest BCUT2D eigenvalue weighted by Crippen LogP contribution is -2.12. The van der Waals surface area contributed by atoms with Gasteiger partial charge in [0.25, 0.3) is 0 Å². The van der Waals surface area contributed by atoms with Gasteiger partial charge in [-0.05, 0) is 245 Å². The van der Waals surface area contributed by atoms with Gasteiger partial charge in [-0.15, -0.1) is 0 Å². The van der Waals surface area contributed by atoms with Gasteiger partial charge in [-0.25, -0.2) is 0 Å². The molecule has 0 radical (unpaired) electrons. The van der Waals surface area contributed by atoms with Crippen molar-refractivity contribution in [3.63, 3.8) is 0 Å². The molecule has 0 aliphatic heterocycles. The summed E-state index contributed by atoms with van der Waals surface area (Å²) in [6, 6.07) is 128. The zero-order valence-corrected chi connectivity index (χ0v) is 59.2. The first-order valence-electron chi connectivity index (χ1n) is 34.7. The van der Waals surface area contributed by atoms with Crippen molar-refractivity contribution in [1.82, 2.24) is 0 Å². The molecule has 0 unspecified atom stereocenters. The second-order valence-corrected chi connectivity index (χ2v) is 26.2. The van der Waals surface area contributed by atoms with Gasteiger partial charge >= 0.3 is 0 Å². The molecule has 0 fully saturated rings. The summed E-state index contributed by atoms with van der Waals surface area (Å²) in [5, 5.41) is 5.02. The molecule has 0 aliphatic rings. The summed E-state index contributed by atoms with van der Waals surface area (Å²) in [4.78, 5) is 13.6. The average molecular weight is 1310 g/mol. The van der Waals surface area contributed by atoms with Crippen LogP contribution in [0.2, 0.25) is 0 Å². The van der Waals surface area contributed by atoms with Crippen LogP contribution < -0.4 is 29.4 Å². The Bertz CT molecular complexity index is 5010. The summed E-state index contributed by atoms with van der Waals surface area (Å²) < 4.78 is 0. The van der Waals surface area contributed by atoms with E-state index in [-0.39, 0.29) is 0 Å². The highest BCUT2D eigenvalue weighted by molar-refractivity contribution is 5.96. The zero-order chi connectivity index (χ0) is 69.8. The third-order valence-electron chi connectivity index (χ3n) is 18.8. The molecule has 15 aromatic rings. The molecular formula is C95H86N6. The van der Waals surface area contributed by atoms with E-state index < -0.39 is 0 Å². The fourth-order valence-electron chi connectivity index (χ4n) is 12.8. The number of rotatable bonds is 16. The van der Waals surface area contributed by atoms with Crippen LogP contribution in [0.1, 0.15) is 33.4 Å². The van der Waals surface area contributed by atoms with E-state index in [1.54, 1.807) is 0 Å². The Balaban J connectivity index is 0.000000136. The van der Waals surface area contributed by atoms with E-state index in [2.05, 4.69) is 444 Å². The minimum Gasteiger partial charge on any atom is -0.345 e. The molecule has 0 aromatic heterocycles. The van der Waals surface area contributed by atoms with E-state index >= 15 is 0 Å². The van der Waals surface area contributed by atoms with E-state index in [0.717, 1.165) is 73.9 Å². The van der Waals surface area contributed by atoms with Gasteiger partial charge in [0.15, 0.2) is 0 Å². The molecule has 0 aliphatic carbocycles. The number of aryl methyl sites for hydroxylation is 6. The van der Waals surface area contributed by atoms with E-state index in [0.29, 0.717) is 0 Å². The highest BCUT2D eigenvalue weighted by Gasteiger charge is 2.18. The van der Waals surface area contributed by atoms with Crippen LogP contribution in [0.25, 0.3) is 32.7 Å². The topological polar surface area (TPSA) is 19.4 Å². The number of nitrogens with zero attached hydrogens (tertiary/aromatic N) is 6. The van der Waals surface area contributed by atoms with Crippen molar-refractivity contribution in [3.8, 4) is 11.1 Å². The summed E-state index contributed by atoms with van der Waals surface area (Å²) in [5.74, 6) is 0. The molecule has 15 aromatic carbocycles. The Kier molecular flexibility index (Phi) is 20.6. The molecule has 6 heteroatoms. The lowest BCUT2D eigenvalue weighted by atomic mass is 10.1. The maximum atomic E-state index is 2.31. The van der Waals surface area contributed by atoms with E-state index in [1.165, 1.54) is 77.4 Å². The second kappa shape index (κ2) is 31.0. The van der Waals surface area contributed by atoms with Crippen LogP contribution in [0, 0.1) is 41.5 Å². The molecule has 0 amide bonds. The van der Waals surface area contributed by atoms with Crippen LogP contribution in [-0.2, 0) is 0 Å². The molecule has 15 rings (SSSR count). The zero-order valence-electron chi connectivity index (χ0n) is 59.2. The number of anilines is 15. The largest absolute Gasteiger partial charge is 0.345 e. The van der Waals surface area contributed by atoms with Gasteiger partial charge in [-0.2, -0.15) is 0 Å². The van der Waals surface area contributed by atoms with Crippen LogP contribution in [0.5, 0.6) is 0 Å². The molecule has 0 saturated heterocycles. The van der Waals surface area contributed by atoms with Crippen molar-refractivity contribution in [2.24, 2.45) is 0 Å². The molecule has 0 spiro atoms. The Morgan fingerprint density at radius 3 is 0.782 bits per heavy atom. The van der Waals surface area contributed by atoms with Gasteiger partial charge in [0, 0.05) is 112 Å². The van der Waals surface area contributed by atoms with Crippen LogP contribution >= 0.6 is 0 Å². The monoisotopic (exact) mass is 1310 g/mol. The van der Waals surface area contributed by atoms with E-state index in [9.17, 15) is 0 Å². The molecule has 101 heavy (non-hydrogen) atoms. The lowest BCUT2D eigenvalue weighted by Gasteiger charge is -2.27. The second-order valence-electron chi connectivity index (χ2n) is 26.2. The fourth-order valence-corrected chi connectivity index (χ4v) is 12.8. The standard InChI is InChI=1S/C33H30N2.2C31H28N2/c1-25-9-15-31(16-10-25)35(32-17-11-26(2)12-18-32)33-23-21-30(22-24-33)34(3)29-19-13-28(14-20-29)27-7-5-4-6-8-27;1-23-11-15-27(16-12-23)33(28-17-13-24(2)14-18-28)29-21-19-26(20-22-29)32(3)31-10-6-8-25-7-4-5-9-30(25)31;1-23-8-13-28(14-9-23)33(29-15-10-24(2)11-16-29)30-20-18-27(19-21-30)32(3)31-17-12-25-6-4-5-7-26(25)22-31/h4-24H,1-3H3;2*4-22H,1-3H3. The molecular weight excluding hydrogens is 1230 g/mol. The maximum Gasteiger partial charge on any atom is 0.0487 e. The number of fused-ring (bicyclic) bond motifs is 2. The first-order valence-corrected chi connectivity index (χ1v) is 34.7. The van der Waals surface area contributed by atoms with Crippen LogP contribution in [0.4, 0.5) is 85.3 Å². The normalized spacial score (nSPS) is 10.8. The van der Waals surface area contributed by atoms with Gasteiger partial charge in [0.2, 0.25) is 0 Å². The minimum atomic E-state index is 1.13. The third-order valence-corrected chi connectivity index (χ3v) is 18.8. The predicted molar refractivity (Wildman–Crippen MR) is 436 cm³/mol. The summed E-state index contributed by atoms with van der Waals surface area (Å²) in [5.41, 5.74) is 27.3. The number of benzene rings is 15. The smallest absolute Gasteiger partial charge is 0.0487 e. The lowest BCUT2D eigenvalue weighted by molar-refractivity contribution is 1.20. The summed E-state index contributed by atoms with van der Waals surface area (Å²) in [6.45, 7) is 12.7. The highest BCUT2D eigenvalue weighted by atomic mass is 15.2. The quantitative estimate of drug-likeness (QED) is 0.0953. The van der Waals surface area contributed by atoms with Crippen molar-refractivity contribution >= 4 is 107 Å². The van der Waals surface area contributed by atoms with Crippen molar-refractivity contribution in [2.75, 3.05) is 50.5 Å². The first-order chi connectivity index (χ1) is 49.3. The van der Waals surface area contributed by atoms with Gasteiger partial charge < -0.3 is 29.4 Å². The summed E-state index contributed by atoms with van der Waals surface area (Å²) in [6.07, 6.45) is 0. The minimum absolute atomic E-state index is 1.13. The van der Waals surface area contributed by atoms with Crippen molar-refractivity contribution in [2.45, 2.75) is 41.5 Å². The Labute approximate surface area is 597 Å². The average Bonchev–Trinajstić information content (AvgIpc) is 0.820. The Morgan fingerprint density at radius 2 is 0.416 bits per heavy atom. The maximum absolute atomic E-state index is 2.31. The molecule has 0 bridgehead atoms. The van der Waals surface area contributed by atoms with Gasteiger partial charge in [-0.3, -0.25) is 0 Å². The van der Waals surface area contributed by atoms with Gasteiger partial charge in [0.05, 0.1) is 0 Å². The summed E-state index contributed by atoms with van der Waals surface area (Å²) >= 11 is 0. The van der Waals surface area contributed by atoms with Crippen molar-refractivity contribution in [3.05, 3.63) is 391 Å². The molecule has 6 nitrogen and oxygen atoms in total. The van der Waals surface area contributed by atoms with Crippen molar-refractivity contribution < 1.29 is 0 Å². The van der Waals surface area contributed by atoms with Crippen LogP contribution in [-0.4, -0.2) is 21.1 Å². The first kappa shape index (κ1) is 67.2. The highest BCUT2D eigenvalue weighted by Crippen LogP contribution is 2.41. The molecule has 0 N–H and O–H groups in total. The molecule has 0 heterocycles. The number of hydrogen-bond donors (Lipinski definition) is 0. The predicted octanol–water partition coefficient (Wildman–Crippen LogP) is 26.6. The van der Waals surface area contributed by atoms with Gasteiger partial charge in [-0.1, -0.05) is 215 Å². The van der Waals surface area contributed by atoms with Gasteiger partial charge in [0.1, 0.15) is 0 Å². The SMILES string of the molecule is Cc1ccc(N(c2ccc(C)cc2)c2ccc(N(C)c3ccc(-c4ccccc4)cc3)cc2)cc1.Cc1ccc(N(c2ccc(C)cc2)c2ccc(N(C)c3ccc4ccccc4c3)cc2)cc1.Cc1ccc(N(c2ccc(C)cc2)c2ccc(N(C)c3cccc4ccccc34)cc2)cc1. The fraction of sp³-hybridized carbons (Fsp3) is 0.0947. The van der Waals surface area contributed by atoms with Crippen LogP contribution in [0.15, 0.2) is 358 Å².